The number of carbonyl (C=O) groups excluding carboxylic acids is 1. The first-order valence-electron chi connectivity index (χ1n) is 21.7. The molecule has 2 heterocycles. The molecule has 0 aliphatic carbocycles. The molecule has 9 heteroatoms. The van der Waals surface area contributed by atoms with Crippen molar-refractivity contribution in [1.82, 2.24) is 19.4 Å². The number of aryl methyl sites for hydroxylation is 2. The molecule has 0 atom stereocenters. The number of nitrogens with one attached hydrogen (secondary N) is 1. The summed E-state index contributed by atoms with van der Waals surface area (Å²) < 4.78 is 107. The molecule has 0 unspecified atom stereocenters. The van der Waals surface area contributed by atoms with E-state index in [0.717, 1.165) is 52.2 Å². The largest absolute Gasteiger partial charge is 0.465 e. The quantitative estimate of drug-likeness (QED) is 0.190. The van der Waals surface area contributed by atoms with Crippen molar-refractivity contribution in [3.8, 4) is 11.3 Å². The molecule has 3 N–H and O–H groups in total. The summed E-state index contributed by atoms with van der Waals surface area (Å²) in [6, 6.07) is 11.4. The molecule has 36 heavy (non-hydrogen) atoms. The third-order valence-electron chi connectivity index (χ3n) is 6.26. The van der Waals surface area contributed by atoms with Crippen molar-refractivity contribution in [2.24, 2.45) is 7.05 Å². The number of nitrogens with zero attached hydrogens (tertiary/aromatic N) is 5. The Morgan fingerprint density at radius 1 is 1.19 bits per heavy atom. The van der Waals surface area contributed by atoms with Crippen molar-refractivity contribution >= 4 is 39.9 Å². The molecular formula is C27H53N7O2. The van der Waals surface area contributed by atoms with Gasteiger partial charge in [-0.1, -0.05) is 0 Å². The van der Waals surface area contributed by atoms with Crippen LogP contribution in [0.5, 0.6) is 0 Å². The Bertz CT molecular complexity index is 1460. The smallest absolute Gasteiger partial charge is 0.337 e. The molecule has 2 aromatic carbocycles. The SMILES string of the molecule is COC(=O)c1ccc2c(c1)c(-c1ccnc(Nc3cc(N)c(N(C)CCN(C)C)cc3C)n1)cn2C.[3H][3H].[3H][3H].[3H][3H].[3H][3H].[3H][3H].[3H][3H].[3H][3H].[3H][3H].[3H][3H].[3H][3H]. The monoisotopic (exact) mass is 548 g/mol. The van der Waals surface area contributed by atoms with Crippen molar-refractivity contribution in [2.45, 2.75) is 6.92 Å². The van der Waals surface area contributed by atoms with Crippen LogP contribution in [0.2, 0.25) is 0 Å². The summed E-state index contributed by atoms with van der Waals surface area (Å²) >= 11 is 0. The van der Waals surface area contributed by atoms with Crippen molar-refractivity contribution in [1.29, 1.82) is 0 Å². The third kappa shape index (κ3) is 5.11. The van der Waals surface area contributed by atoms with E-state index in [4.69, 9.17) is 45.2 Å². The van der Waals surface area contributed by atoms with E-state index in [-0.39, 0.29) is 5.97 Å². The van der Waals surface area contributed by atoms with Gasteiger partial charge in [0.05, 0.1) is 29.7 Å². The average Bonchev–Trinajstić information content (AvgIpc) is 3.63. The molecule has 4 rings (SSSR count). The maximum absolute atomic E-state index is 12.1. The summed E-state index contributed by atoms with van der Waals surface area (Å²) in [7, 11) is 9.50. The first-order valence-corrected chi connectivity index (χ1v) is 11.7. The summed E-state index contributed by atoms with van der Waals surface area (Å²) in [5, 5.41) is 4.24. The molecule has 0 fully saturated rings. The molecule has 0 bridgehead atoms. The number of likely N-dealkylation sites (N-methyl/N-ethyl adjacent to an activating group) is 2. The molecule has 0 amide bonds. The summed E-state index contributed by atoms with van der Waals surface area (Å²) in [6.45, 7) is 3.84. The first-order chi connectivity index (χ1) is 27.2. The van der Waals surface area contributed by atoms with Gasteiger partial charge in [0.1, 0.15) is 0 Å². The van der Waals surface area contributed by atoms with Gasteiger partial charge in [-0.3, -0.25) is 0 Å². The highest BCUT2D eigenvalue weighted by Crippen LogP contribution is 2.33. The van der Waals surface area contributed by atoms with E-state index in [1.807, 2.05) is 56.0 Å². The minimum atomic E-state index is -0.374. The Balaban J connectivity index is -0.000000209. The minimum absolute atomic E-state index is 0.374. The number of esters is 1. The van der Waals surface area contributed by atoms with E-state index >= 15 is 0 Å². The number of carbonyl (C=O) groups is 1. The molecule has 4 aromatic rings. The fourth-order valence-electron chi connectivity index (χ4n) is 4.18. The summed E-state index contributed by atoms with van der Waals surface area (Å²) in [6.07, 6.45) is 3.72. The van der Waals surface area contributed by atoms with E-state index in [9.17, 15) is 4.79 Å². The van der Waals surface area contributed by atoms with Gasteiger partial charge in [-0.05, 0) is 63.0 Å². The van der Waals surface area contributed by atoms with Crippen LogP contribution in [-0.4, -0.2) is 66.7 Å². The number of nitrogens with two attached hydrogens (primary N) is 1. The van der Waals surface area contributed by atoms with Gasteiger partial charge in [-0.2, -0.15) is 0 Å². The molecule has 0 saturated heterocycles. The second kappa shape index (κ2) is 10.2. The predicted molar refractivity (Wildman–Crippen MR) is 167 cm³/mol. The summed E-state index contributed by atoms with van der Waals surface area (Å²) in [4.78, 5) is 25.6. The van der Waals surface area contributed by atoms with Gasteiger partial charge in [0.25, 0.3) is 0 Å². The standard InChI is InChI=1S/C27H33N7O2.10H2/c1-17-13-25(33(4)12-11-32(2)3)21(28)15-23(17)31-27-29-10-9-22(30-27)20-16-34(5)24-8-7-18(14-19(20)24)26(35)36-6;;;;;;;;;;/h7-10,13-16H,11-12,28H2,1-6H3,(H,29,30,31);10*1H/i;10*1+2T. The first kappa shape index (κ1) is 15.1. The lowest BCUT2D eigenvalue weighted by Gasteiger charge is -2.24. The molecule has 9 nitrogen and oxygen atoms in total. The molecule has 0 aliphatic heterocycles. The van der Waals surface area contributed by atoms with E-state index in [0.29, 0.717) is 17.2 Å². The molecule has 0 spiro atoms. The number of hydrogen-bond donors (Lipinski definition) is 2. The van der Waals surface area contributed by atoms with Crippen molar-refractivity contribution < 1.29 is 39.2 Å². The highest BCUT2D eigenvalue weighted by Gasteiger charge is 2.15. The van der Waals surface area contributed by atoms with Crippen LogP contribution in [0, 0.1) is 6.92 Å². The zero-order valence-electron chi connectivity index (χ0n) is 41.7. The van der Waals surface area contributed by atoms with Gasteiger partial charge in [0.2, 0.25) is 5.95 Å². The van der Waals surface area contributed by atoms with Gasteiger partial charge >= 0.3 is 5.97 Å². The maximum atomic E-state index is 12.1. The van der Waals surface area contributed by atoms with Gasteiger partial charge in [-0.25, -0.2) is 14.8 Å². The number of nitrogen functional groups attached to an aromatic ring is 1. The highest BCUT2D eigenvalue weighted by atomic mass is 16.5. The number of aromatic nitrogens is 3. The van der Waals surface area contributed by atoms with Crippen LogP contribution in [0.1, 0.15) is 45.6 Å². The van der Waals surface area contributed by atoms with Crippen molar-refractivity contribution in [3.05, 3.63) is 59.9 Å². The van der Waals surface area contributed by atoms with Gasteiger partial charge < -0.3 is 30.2 Å². The van der Waals surface area contributed by atoms with E-state index in [2.05, 4.69) is 40.3 Å². The van der Waals surface area contributed by atoms with Gasteiger partial charge in [0, 0.05) is 91.4 Å². The Kier molecular flexibility index (Phi) is 4.30. The number of methoxy groups -OCH3 is 1. The third-order valence-corrected chi connectivity index (χ3v) is 6.26. The zero-order valence-corrected chi connectivity index (χ0v) is 21.7. The van der Waals surface area contributed by atoms with E-state index in [1.165, 1.54) is 7.11 Å². The number of rotatable bonds is 8. The normalized spacial score (nSPS) is 13.4. The molecule has 208 valence electrons. The van der Waals surface area contributed by atoms with Crippen molar-refractivity contribution in [2.75, 3.05) is 57.3 Å². The fourth-order valence-corrected chi connectivity index (χ4v) is 4.18. The van der Waals surface area contributed by atoms with E-state index in [1.54, 1.807) is 12.3 Å². The van der Waals surface area contributed by atoms with Crippen LogP contribution >= 0.6 is 0 Å². The lowest BCUT2D eigenvalue weighted by Crippen LogP contribution is -2.29. The molecular weight excluding hydrogens is 454 g/mol. The molecule has 0 saturated carbocycles. The molecule has 0 radical (unpaired) electrons. The fraction of sp³-hybridized carbons (Fsp3) is 0.296. The number of anilines is 4. The van der Waals surface area contributed by atoms with Crippen LogP contribution in [0.15, 0.2) is 48.8 Å². The average molecular weight is 548 g/mol. The van der Waals surface area contributed by atoms with E-state index < -0.39 is 0 Å². The van der Waals surface area contributed by atoms with Crippen LogP contribution in [-0.2, 0) is 11.8 Å². The molecule has 2 aromatic heterocycles. The second-order valence-electron chi connectivity index (χ2n) is 9.22. The topological polar surface area (TPSA) is 102 Å². The Labute approximate surface area is 242 Å². The number of benzene rings is 2. The van der Waals surface area contributed by atoms with Crippen LogP contribution < -0.4 is 16.0 Å². The predicted octanol–water partition coefficient (Wildman–Crippen LogP) is 6.51. The zero-order chi connectivity index (χ0) is 46.0. The summed E-state index contributed by atoms with van der Waals surface area (Å²) in [5.74, 6) is 0.0884. The Hall–Kier alpha value is -4.11. The second-order valence-corrected chi connectivity index (χ2v) is 9.22. The Morgan fingerprint density at radius 3 is 2.69 bits per heavy atom. The number of ether oxygens (including phenoxy) is 1. The molecule has 0 aliphatic rings. The number of fused-ring (bicyclic) bond motifs is 1. The van der Waals surface area contributed by atoms with Crippen LogP contribution in [0.3, 0.4) is 0 Å². The highest BCUT2D eigenvalue weighted by molar-refractivity contribution is 6.00. The van der Waals surface area contributed by atoms with Crippen LogP contribution in [0.4, 0.5) is 23.0 Å². The lowest BCUT2D eigenvalue weighted by molar-refractivity contribution is 0.0601. The van der Waals surface area contributed by atoms with Crippen molar-refractivity contribution in [3.63, 3.8) is 0 Å². The van der Waals surface area contributed by atoms with Crippen LogP contribution in [0.25, 0.3) is 22.2 Å². The lowest BCUT2D eigenvalue weighted by atomic mass is 10.1. The van der Waals surface area contributed by atoms with Gasteiger partial charge in [-0.15, -0.1) is 0 Å². The summed E-state index contributed by atoms with van der Waals surface area (Å²) in [5.41, 5.74) is 13.1. The maximum Gasteiger partial charge on any atom is 0.337 e. The Morgan fingerprint density at radius 2 is 1.97 bits per heavy atom. The van der Waals surface area contributed by atoms with Gasteiger partial charge in [0.15, 0.2) is 0 Å². The minimum Gasteiger partial charge on any atom is -0.465 e. The number of hydrogen-bond acceptors (Lipinski definition) is 8.